The number of hydrogen-bond acceptors (Lipinski definition) is 6. The Morgan fingerprint density at radius 2 is 1.62 bits per heavy atom. The molecule has 0 bridgehead atoms. The second-order valence-electron chi connectivity index (χ2n) is 10.5. The number of benzene rings is 2. The molecule has 0 aliphatic carbocycles. The predicted molar refractivity (Wildman–Crippen MR) is 148 cm³/mol. The smallest absolute Gasteiger partial charge is 0.416 e. The third kappa shape index (κ3) is 6.45. The molecule has 3 aromatic rings. The molecule has 3 heterocycles. The lowest BCUT2D eigenvalue weighted by Gasteiger charge is -2.32. The van der Waals surface area contributed by atoms with E-state index in [1.165, 1.54) is 4.90 Å². The Hall–Kier alpha value is -3.48. The Balaban J connectivity index is 1.63. The van der Waals surface area contributed by atoms with Crippen molar-refractivity contribution in [3.8, 4) is 17.1 Å². The fraction of sp³-hybridized carbons (Fsp3) is 0.414. The van der Waals surface area contributed by atoms with Gasteiger partial charge in [-0.25, -0.2) is 4.98 Å². The number of carbonyl (C=O) groups is 1. The fourth-order valence-electron chi connectivity index (χ4n) is 5.02. The third-order valence-electron chi connectivity index (χ3n) is 7.12. The normalized spacial score (nSPS) is 18.3. The van der Waals surface area contributed by atoms with Crippen molar-refractivity contribution in [1.29, 1.82) is 0 Å². The van der Waals surface area contributed by atoms with E-state index < -0.39 is 35.9 Å². The van der Waals surface area contributed by atoms with Gasteiger partial charge in [0.25, 0.3) is 5.91 Å². The molecule has 0 N–H and O–H groups in total. The van der Waals surface area contributed by atoms with E-state index in [0.717, 1.165) is 17.1 Å². The van der Waals surface area contributed by atoms with Crippen LogP contribution in [-0.2, 0) is 18.9 Å². The topological polar surface area (TPSA) is 58.6 Å². The number of hydrogen-bond donors (Lipinski definition) is 0. The fourth-order valence-corrected chi connectivity index (χ4v) is 5.93. The standard InChI is InChI=1S/C29H28F6N4O2S/c1-17-14-39(15-19-11-20(28(30,31)32)13-21(12-19)29(33,34)35)26(40)23-24(22-6-4-3-5-18(22)2)36-27(37-25(23)41-16-17)38-7-9-42-10-8-38/h3-6,11-13,17H,7-10,14-16H2,1-2H3. The van der Waals surface area contributed by atoms with E-state index in [4.69, 9.17) is 9.72 Å². The van der Waals surface area contributed by atoms with Crippen LogP contribution in [0, 0.1) is 12.8 Å². The minimum Gasteiger partial charge on any atom is -0.477 e. The first-order valence-corrected chi connectivity index (χ1v) is 14.5. The van der Waals surface area contributed by atoms with Crippen LogP contribution in [0.2, 0.25) is 0 Å². The van der Waals surface area contributed by atoms with Gasteiger partial charge in [0.1, 0.15) is 5.56 Å². The minimum atomic E-state index is -5.00. The maximum atomic E-state index is 14.2. The lowest BCUT2D eigenvalue weighted by Crippen LogP contribution is -2.39. The number of anilines is 1. The highest BCUT2D eigenvalue weighted by Crippen LogP contribution is 2.38. The molecular formula is C29H28F6N4O2S. The number of carbonyl (C=O) groups excluding carboxylic acids is 1. The average molecular weight is 611 g/mol. The van der Waals surface area contributed by atoms with E-state index in [1.54, 1.807) is 19.1 Å². The van der Waals surface area contributed by atoms with E-state index in [9.17, 15) is 31.1 Å². The van der Waals surface area contributed by atoms with Crippen LogP contribution < -0.4 is 9.64 Å². The van der Waals surface area contributed by atoms with Crippen LogP contribution in [0.25, 0.3) is 11.3 Å². The highest BCUT2D eigenvalue weighted by Gasteiger charge is 2.38. The lowest BCUT2D eigenvalue weighted by atomic mass is 9.99. The second kappa shape index (κ2) is 11.7. The molecule has 0 saturated carbocycles. The Labute approximate surface area is 243 Å². The predicted octanol–water partition coefficient (Wildman–Crippen LogP) is 6.71. The van der Waals surface area contributed by atoms with Crippen LogP contribution in [0.5, 0.6) is 5.88 Å². The minimum absolute atomic E-state index is 0.0226. The summed E-state index contributed by atoms with van der Waals surface area (Å²) < 4.78 is 87.4. The molecule has 0 radical (unpaired) electrons. The molecule has 1 saturated heterocycles. The Bertz CT molecular complexity index is 1440. The molecule has 1 fully saturated rings. The van der Waals surface area contributed by atoms with Gasteiger partial charge in [-0.1, -0.05) is 31.2 Å². The first kappa shape index (κ1) is 30.0. The van der Waals surface area contributed by atoms with Crippen LogP contribution in [0.1, 0.15) is 39.5 Å². The molecule has 2 aliphatic heterocycles. The summed E-state index contributed by atoms with van der Waals surface area (Å²) >= 11 is 1.81. The molecule has 13 heteroatoms. The van der Waals surface area contributed by atoms with Crippen molar-refractivity contribution in [1.82, 2.24) is 14.9 Å². The molecule has 2 aromatic carbocycles. The molecular weight excluding hydrogens is 582 g/mol. The molecule has 1 unspecified atom stereocenters. The zero-order chi connectivity index (χ0) is 30.2. The van der Waals surface area contributed by atoms with Gasteiger partial charge in [0.15, 0.2) is 0 Å². The summed E-state index contributed by atoms with van der Waals surface area (Å²) in [4.78, 5) is 26.9. The molecule has 6 nitrogen and oxygen atoms in total. The summed E-state index contributed by atoms with van der Waals surface area (Å²) in [5.74, 6) is 1.26. The molecule has 1 atom stereocenters. The molecule has 0 spiro atoms. The van der Waals surface area contributed by atoms with Crippen LogP contribution in [0.15, 0.2) is 42.5 Å². The van der Waals surface area contributed by atoms with Crippen molar-refractivity contribution < 1.29 is 35.9 Å². The van der Waals surface area contributed by atoms with E-state index in [2.05, 4.69) is 4.98 Å². The van der Waals surface area contributed by atoms with Gasteiger partial charge in [0.2, 0.25) is 11.8 Å². The van der Waals surface area contributed by atoms with Crippen molar-refractivity contribution in [3.63, 3.8) is 0 Å². The average Bonchev–Trinajstić information content (AvgIpc) is 2.94. The molecule has 2 aliphatic rings. The number of ether oxygens (including phenoxy) is 1. The summed E-state index contributed by atoms with van der Waals surface area (Å²) in [6, 6.07) is 8.67. The van der Waals surface area contributed by atoms with Crippen LogP contribution in [-0.4, -0.2) is 58.5 Å². The van der Waals surface area contributed by atoms with Crippen molar-refractivity contribution in [2.45, 2.75) is 32.7 Å². The number of aryl methyl sites for hydroxylation is 1. The Morgan fingerprint density at radius 3 is 2.24 bits per heavy atom. The number of rotatable bonds is 4. The maximum absolute atomic E-state index is 14.2. The van der Waals surface area contributed by atoms with Gasteiger partial charge >= 0.3 is 12.4 Å². The van der Waals surface area contributed by atoms with Crippen LogP contribution in [0.3, 0.4) is 0 Å². The highest BCUT2D eigenvalue weighted by molar-refractivity contribution is 7.99. The van der Waals surface area contributed by atoms with Crippen LogP contribution >= 0.6 is 11.8 Å². The Morgan fingerprint density at radius 1 is 0.976 bits per heavy atom. The molecule has 1 amide bonds. The van der Waals surface area contributed by atoms with Gasteiger partial charge in [-0.05, 0) is 36.2 Å². The maximum Gasteiger partial charge on any atom is 0.416 e. The summed E-state index contributed by atoms with van der Waals surface area (Å²) in [5, 5.41) is 0. The third-order valence-corrected chi connectivity index (χ3v) is 8.06. The van der Waals surface area contributed by atoms with E-state index in [1.807, 2.05) is 35.7 Å². The van der Waals surface area contributed by atoms with Crippen LogP contribution in [0.4, 0.5) is 32.3 Å². The molecule has 1 aromatic heterocycles. The quantitative estimate of drug-likeness (QED) is 0.306. The number of aromatic nitrogens is 2. The van der Waals surface area contributed by atoms with Crippen molar-refractivity contribution in [3.05, 3.63) is 70.3 Å². The largest absolute Gasteiger partial charge is 0.477 e. The molecule has 5 rings (SSSR count). The monoisotopic (exact) mass is 610 g/mol. The second-order valence-corrected chi connectivity index (χ2v) is 11.7. The molecule has 224 valence electrons. The van der Waals surface area contributed by atoms with Gasteiger partial charge in [-0.2, -0.15) is 43.1 Å². The van der Waals surface area contributed by atoms with Gasteiger partial charge in [-0.3, -0.25) is 4.79 Å². The molecule has 42 heavy (non-hydrogen) atoms. The zero-order valence-electron chi connectivity index (χ0n) is 22.8. The van der Waals surface area contributed by atoms with Crippen molar-refractivity contribution >= 4 is 23.6 Å². The van der Waals surface area contributed by atoms with Crippen molar-refractivity contribution in [2.75, 3.05) is 42.6 Å². The van der Waals surface area contributed by atoms with E-state index in [-0.39, 0.29) is 42.1 Å². The number of halogens is 6. The SMILES string of the molecule is Cc1ccccc1-c1nc(N2CCSCC2)nc2c1C(=O)N(Cc1cc(C(F)(F)F)cc(C(F)(F)F)c1)CC(C)CO2. The summed E-state index contributed by atoms with van der Waals surface area (Å²) in [6.45, 7) is 4.73. The van der Waals surface area contributed by atoms with Gasteiger partial charge in [-0.15, -0.1) is 0 Å². The number of nitrogens with zero attached hydrogens (tertiary/aromatic N) is 4. The zero-order valence-corrected chi connectivity index (χ0v) is 23.7. The summed E-state index contributed by atoms with van der Waals surface area (Å²) in [7, 11) is 0. The van der Waals surface area contributed by atoms with Gasteiger partial charge < -0.3 is 14.5 Å². The first-order chi connectivity index (χ1) is 19.8. The van der Waals surface area contributed by atoms with E-state index in [0.29, 0.717) is 42.4 Å². The number of fused-ring (bicyclic) bond motifs is 1. The number of amides is 1. The van der Waals surface area contributed by atoms with E-state index >= 15 is 0 Å². The highest BCUT2D eigenvalue weighted by atomic mass is 32.2. The number of alkyl halides is 6. The van der Waals surface area contributed by atoms with Gasteiger partial charge in [0, 0.05) is 49.2 Å². The van der Waals surface area contributed by atoms with Crippen molar-refractivity contribution in [2.24, 2.45) is 5.92 Å². The summed E-state index contributed by atoms with van der Waals surface area (Å²) in [6.07, 6.45) is -10.0. The first-order valence-electron chi connectivity index (χ1n) is 13.3. The Kier molecular flexibility index (Phi) is 8.32. The number of thioether (sulfide) groups is 1. The summed E-state index contributed by atoms with van der Waals surface area (Å²) in [5.41, 5.74) is -1.37. The van der Waals surface area contributed by atoms with Gasteiger partial charge in [0.05, 0.1) is 23.4 Å². The lowest BCUT2D eigenvalue weighted by molar-refractivity contribution is -0.143.